The molecular formula is C13H19FO3. The van der Waals surface area contributed by atoms with Gasteiger partial charge in [0.25, 0.3) is 0 Å². The van der Waals surface area contributed by atoms with Crippen LogP contribution in [0.2, 0.25) is 0 Å². The van der Waals surface area contributed by atoms with E-state index in [9.17, 15) is 9.50 Å². The number of unbranched alkanes of at least 4 members (excludes halogenated alkanes) is 2. The van der Waals surface area contributed by atoms with Gasteiger partial charge < -0.3 is 14.9 Å². The quantitative estimate of drug-likeness (QED) is 0.722. The van der Waals surface area contributed by atoms with Crippen molar-refractivity contribution in [2.45, 2.75) is 32.3 Å². The molecule has 3 nitrogen and oxygen atoms in total. The number of hydrogen-bond acceptors (Lipinski definition) is 3. The third-order valence-corrected chi connectivity index (χ3v) is 2.49. The van der Waals surface area contributed by atoms with Crippen LogP contribution in [-0.2, 0) is 0 Å². The summed E-state index contributed by atoms with van der Waals surface area (Å²) in [6.45, 7) is 2.22. The number of benzene rings is 1. The van der Waals surface area contributed by atoms with Crippen molar-refractivity contribution in [3.63, 3.8) is 0 Å². The molecule has 0 radical (unpaired) electrons. The highest BCUT2D eigenvalue weighted by Gasteiger charge is 2.08. The van der Waals surface area contributed by atoms with E-state index in [0.717, 1.165) is 19.3 Å². The summed E-state index contributed by atoms with van der Waals surface area (Å²) in [6.07, 6.45) is 1.68. The van der Waals surface area contributed by atoms with Crippen molar-refractivity contribution >= 4 is 0 Å². The van der Waals surface area contributed by atoms with Gasteiger partial charge in [0, 0.05) is 18.2 Å². The van der Waals surface area contributed by atoms with Crippen molar-refractivity contribution in [1.29, 1.82) is 0 Å². The molecule has 0 aliphatic rings. The van der Waals surface area contributed by atoms with Crippen molar-refractivity contribution in [2.24, 2.45) is 0 Å². The van der Waals surface area contributed by atoms with Gasteiger partial charge in [0.2, 0.25) is 0 Å². The smallest absolute Gasteiger partial charge is 0.132 e. The van der Waals surface area contributed by atoms with Gasteiger partial charge in [0.05, 0.1) is 12.7 Å². The highest BCUT2D eigenvalue weighted by atomic mass is 19.1. The first-order chi connectivity index (χ1) is 8.15. The first-order valence-corrected chi connectivity index (χ1v) is 5.86. The molecule has 0 saturated heterocycles. The molecule has 0 heterocycles. The number of aliphatic hydroxyl groups excluding tert-OH is 2. The summed E-state index contributed by atoms with van der Waals surface area (Å²) in [5.41, 5.74) is 0.276. The third kappa shape index (κ3) is 4.71. The van der Waals surface area contributed by atoms with Gasteiger partial charge in [-0.2, -0.15) is 0 Å². The van der Waals surface area contributed by atoms with Gasteiger partial charge in [-0.25, -0.2) is 4.39 Å². The molecule has 1 atom stereocenters. The minimum atomic E-state index is -0.811. The third-order valence-electron chi connectivity index (χ3n) is 2.49. The topological polar surface area (TPSA) is 49.7 Å². The van der Waals surface area contributed by atoms with E-state index in [2.05, 4.69) is 0 Å². The highest BCUT2D eigenvalue weighted by molar-refractivity contribution is 5.29. The van der Waals surface area contributed by atoms with E-state index in [4.69, 9.17) is 9.84 Å². The molecule has 2 N–H and O–H groups in total. The molecule has 0 aliphatic carbocycles. The van der Waals surface area contributed by atoms with Crippen molar-refractivity contribution in [2.75, 3.05) is 13.2 Å². The summed E-state index contributed by atoms with van der Waals surface area (Å²) in [7, 11) is 0. The zero-order valence-electron chi connectivity index (χ0n) is 10.0. The second kappa shape index (κ2) is 7.25. The van der Waals surface area contributed by atoms with E-state index in [1.165, 1.54) is 19.1 Å². The van der Waals surface area contributed by atoms with Crippen molar-refractivity contribution in [3.05, 3.63) is 29.6 Å². The first kappa shape index (κ1) is 13.9. The van der Waals surface area contributed by atoms with Crippen molar-refractivity contribution in [3.8, 4) is 5.75 Å². The van der Waals surface area contributed by atoms with E-state index in [1.807, 2.05) is 0 Å². The Kier molecular flexibility index (Phi) is 5.94. The Morgan fingerprint density at radius 3 is 2.65 bits per heavy atom. The molecule has 1 aromatic rings. The van der Waals surface area contributed by atoms with Gasteiger partial charge in [-0.15, -0.1) is 0 Å². The second-order valence-electron chi connectivity index (χ2n) is 3.99. The van der Waals surface area contributed by atoms with Gasteiger partial charge in [0.15, 0.2) is 0 Å². The average Bonchev–Trinajstić information content (AvgIpc) is 2.28. The minimum Gasteiger partial charge on any atom is -0.493 e. The number of halogens is 1. The fraction of sp³-hybridized carbons (Fsp3) is 0.538. The predicted octanol–water partition coefficient (Wildman–Crippen LogP) is 2.42. The van der Waals surface area contributed by atoms with Gasteiger partial charge in [-0.1, -0.05) is 0 Å². The Bertz CT molecular complexity index is 339. The van der Waals surface area contributed by atoms with Crippen LogP contribution in [0.1, 0.15) is 37.9 Å². The van der Waals surface area contributed by atoms with Crippen LogP contribution in [-0.4, -0.2) is 23.4 Å². The molecule has 0 aromatic heterocycles. The van der Waals surface area contributed by atoms with Gasteiger partial charge in [0.1, 0.15) is 11.6 Å². The fourth-order valence-electron chi connectivity index (χ4n) is 1.52. The number of aliphatic hydroxyl groups is 2. The molecular weight excluding hydrogens is 223 g/mol. The monoisotopic (exact) mass is 242 g/mol. The molecule has 4 heteroatoms. The van der Waals surface area contributed by atoms with Crippen LogP contribution < -0.4 is 4.74 Å². The molecule has 0 saturated carbocycles. The molecule has 1 rings (SSSR count). The van der Waals surface area contributed by atoms with Crippen LogP contribution in [0.3, 0.4) is 0 Å². The molecule has 0 amide bonds. The maximum absolute atomic E-state index is 13.5. The Morgan fingerprint density at radius 1 is 1.29 bits per heavy atom. The second-order valence-corrected chi connectivity index (χ2v) is 3.99. The molecule has 0 fully saturated rings. The molecule has 96 valence electrons. The SMILES string of the molecule is CC(O)c1ccc(OCCCCCO)cc1F. The number of hydrogen-bond donors (Lipinski definition) is 2. The van der Waals surface area contributed by atoms with E-state index in [-0.39, 0.29) is 12.2 Å². The van der Waals surface area contributed by atoms with E-state index in [0.29, 0.717) is 12.4 Å². The minimum absolute atomic E-state index is 0.192. The maximum atomic E-state index is 13.5. The lowest BCUT2D eigenvalue weighted by Crippen LogP contribution is -2.00. The van der Waals surface area contributed by atoms with Gasteiger partial charge in [-0.05, 0) is 38.3 Å². The normalized spacial score (nSPS) is 12.5. The van der Waals surface area contributed by atoms with Crippen LogP contribution in [0.25, 0.3) is 0 Å². The zero-order chi connectivity index (χ0) is 12.7. The Morgan fingerprint density at radius 2 is 2.06 bits per heavy atom. The number of ether oxygens (including phenoxy) is 1. The number of rotatable bonds is 7. The molecule has 1 unspecified atom stereocenters. The molecule has 1 aromatic carbocycles. The van der Waals surface area contributed by atoms with Crippen molar-refractivity contribution in [1.82, 2.24) is 0 Å². The largest absolute Gasteiger partial charge is 0.493 e. The van der Waals surface area contributed by atoms with Crippen LogP contribution >= 0.6 is 0 Å². The summed E-state index contributed by atoms with van der Waals surface area (Å²) >= 11 is 0. The maximum Gasteiger partial charge on any atom is 0.132 e. The van der Waals surface area contributed by atoms with Gasteiger partial charge >= 0.3 is 0 Å². The van der Waals surface area contributed by atoms with Crippen LogP contribution in [0.15, 0.2) is 18.2 Å². The predicted molar refractivity (Wildman–Crippen MR) is 63.5 cm³/mol. The Hall–Kier alpha value is -1.13. The average molecular weight is 242 g/mol. The van der Waals surface area contributed by atoms with E-state index >= 15 is 0 Å². The van der Waals surface area contributed by atoms with Gasteiger partial charge in [-0.3, -0.25) is 0 Å². The lowest BCUT2D eigenvalue weighted by molar-refractivity contribution is 0.194. The fourth-order valence-corrected chi connectivity index (χ4v) is 1.52. The standard InChI is InChI=1S/C13H19FO3/c1-10(16)12-6-5-11(9-13(12)14)17-8-4-2-3-7-15/h5-6,9-10,15-16H,2-4,7-8H2,1H3. The Labute approximate surface area is 101 Å². The lowest BCUT2D eigenvalue weighted by atomic mass is 10.1. The van der Waals surface area contributed by atoms with Crippen molar-refractivity contribution < 1.29 is 19.3 Å². The van der Waals surface area contributed by atoms with Crippen LogP contribution in [0, 0.1) is 5.82 Å². The summed E-state index contributed by atoms with van der Waals surface area (Å²) in [4.78, 5) is 0. The first-order valence-electron chi connectivity index (χ1n) is 5.86. The summed E-state index contributed by atoms with van der Waals surface area (Å²) in [5.74, 6) is 0.0174. The molecule has 17 heavy (non-hydrogen) atoms. The van der Waals surface area contributed by atoms with E-state index < -0.39 is 11.9 Å². The van der Waals surface area contributed by atoms with Crippen LogP contribution in [0.4, 0.5) is 4.39 Å². The summed E-state index contributed by atoms with van der Waals surface area (Å²) < 4.78 is 18.8. The summed E-state index contributed by atoms with van der Waals surface area (Å²) in [6, 6.07) is 4.47. The Balaban J connectivity index is 2.42. The molecule has 0 aliphatic heterocycles. The molecule has 0 spiro atoms. The van der Waals surface area contributed by atoms with E-state index in [1.54, 1.807) is 6.07 Å². The lowest BCUT2D eigenvalue weighted by Gasteiger charge is -2.09. The summed E-state index contributed by atoms with van der Waals surface area (Å²) in [5, 5.41) is 17.9. The highest BCUT2D eigenvalue weighted by Crippen LogP contribution is 2.21. The zero-order valence-corrected chi connectivity index (χ0v) is 10.0. The van der Waals surface area contributed by atoms with Crippen LogP contribution in [0.5, 0.6) is 5.75 Å². The molecule has 0 bridgehead atoms.